The Kier molecular flexibility index (Phi) is 10.4. The first kappa shape index (κ1) is 24.1. The number of benzene rings is 1. The fourth-order valence-electron chi connectivity index (χ4n) is 2.64. The smallest absolute Gasteiger partial charge is 0.325 e. The summed E-state index contributed by atoms with van der Waals surface area (Å²) in [6.45, 7) is 3.26. The third kappa shape index (κ3) is 9.20. The van der Waals surface area contributed by atoms with Crippen LogP contribution >= 0.6 is 0 Å². The summed E-state index contributed by atoms with van der Waals surface area (Å²) in [6, 6.07) is 7.43. The molecule has 2 unspecified atom stereocenters. The van der Waals surface area contributed by atoms with E-state index in [0.29, 0.717) is 6.42 Å². The summed E-state index contributed by atoms with van der Waals surface area (Å²) >= 11 is 0. The fourth-order valence-corrected chi connectivity index (χ4v) is 2.64. The second-order valence-corrected chi connectivity index (χ2v) is 7.00. The number of carbonyl (C=O) groups is 4. The second-order valence-electron chi connectivity index (χ2n) is 7.00. The van der Waals surface area contributed by atoms with Crippen molar-refractivity contribution in [3.8, 4) is 0 Å². The Morgan fingerprint density at radius 3 is 2.21 bits per heavy atom. The van der Waals surface area contributed by atoms with E-state index in [1.807, 2.05) is 44.2 Å². The van der Waals surface area contributed by atoms with Crippen molar-refractivity contribution in [1.82, 2.24) is 16.0 Å². The fraction of sp³-hybridized carbons (Fsp3) is 0.500. The molecule has 0 fully saturated rings. The highest BCUT2D eigenvalue weighted by atomic mass is 16.5. The molecular formula is C20H30N4O5. The average molecular weight is 406 g/mol. The molecule has 9 heteroatoms. The molecular weight excluding hydrogens is 376 g/mol. The van der Waals surface area contributed by atoms with E-state index in [1.165, 1.54) is 7.11 Å². The van der Waals surface area contributed by atoms with E-state index in [-0.39, 0.29) is 25.4 Å². The Morgan fingerprint density at radius 1 is 1.00 bits per heavy atom. The van der Waals surface area contributed by atoms with Gasteiger partial charge in [-0.3, -0.25) is 19.2 Å². The zero-order chi connectivity index (χ0) is 21.8. The van der Waals surface area contributed by atoms with Crippen molar-refractivity contribution < 1.29 is 23.9 Å². The Balaban J connectivity index is 2.89. The van der Waals surface area contributed by atoms with Gasteiger partial charge in [0.05, 0.1) is 13.7 Å². The normalized spacial score (nSPS) is 12.6. The molecule has 0 aliphatic heterocycles. The highest BCUT2D eigenvalue weighted by molar-refractivity contribution is 5.93. The van der Waals surface area contributed by atoms with Crippen LogP contribution in [0, 0.1) is 5.92 Å². The first-order chi connectivity index (χ1) is 13.8. The van der Waals surface area contributed by atoms with Crippen molar-refractivity contribution in [2.75, 3.05) is 20.2 Å². The molecule has 0 radical (unpaired) electrons. The third-order valence-corrected chi connectivity index (χ3v) is 4.09. The molecule has 0 aliphatic rings. The standard InChI is InChI=1S/C20H30N4O5/c1-13(2)9-15(19(27)22-12-18(26)29-3)24-20(28)16(23-17(25)11-21)10-14-7-5-4-6-8-14/h4-8,13,15-16H,9-12,21H2,1-3H3,(H,22,27)(H,23,25)(H,24,28). The van der Waals surface area contributed by atoms with Crippen LogP contribution in [0.25, 0.3) is 0 Å². The number of hydrogen-bond acceptors (Lipinski definition) is 6. The number of carbonyl (C=O) groups excluding carboxylic acids is 4. The van der Waals surface area contributed by atoms with E-state index in [9.17, 15) is 19.2 Å². The van der Waals surface area contributed by atoms with Crippen LogP contribution in [0.5, 0.6) is 0 Å². The minimum absolute atomic E-state index is 0.107. The molecule has 0 saturated heterocycles. The van der Waals surface area contributed by atoms with Crippen molar-refractivity contribution in [3.63, 3.8) is 0 Å². The minimum atomic E-state index is -0.892. The van der Waals surface area contributed by atoms with Gasteiger partial charge in [-0.15, -0.1) is 0 Å². The second kappa shape index (κ2) is 12.5. The lowest BCUT2D eigenvalue weighted by molar-refractivity contribution is -0.141. The van der Waals surface area contributed by atoms with Crippen LogP contribution in [0.4, 0.5) is 0 Å². The molecule has 5 N–H and O–H groups in total. The van der Waals surface area contributed by atoms with E-state index in [2.05, 4.69) is 20.7 Å². The van der Waals surface area contributed by atoms with Crippen molar-refractivity contribution in [1.29, 1.82) is 0 Å². The van der Waals surface area contributed by atoms with Crippen molar-refractivity contribution in [2.24, 2.45) is 11.7 Å². The maximum absolute atomic E-state index is 12.9. The molecule has 3 amide bonds. The maximum Gasteiger partial charge on any atom is 0.325 e. The van der Waals surface area contributed by atoms with Gasteiger partial charge in [-0.05, 0) is 17.9 Å². The van der Waals surface area contributed by atoms with Crippen LogP contribution in [0.15, 0.2) is 30.3 Å². The average Bonchev–Trinajstić information content (AvgIpc) is 2.70. The van der Waals surface area contributed by atoms with Crippen LogP contribution in [0.2, 0.25) is 0 Å². The molecule has 0 aliphatic carbocycles. The van der Waals surface area contributed by atoms with Crippen LogP contribution in [-0.4, -0.2) is 56.0 Å². The third-order valence-electron chi connectivity index (χ3n) is 4.09. The quantitative estimate of drug-likeness (QED) is 0.365. The lowest BCUT2D eigenvalue weighted by Crippen LogP contribution is -2.55. The summed E-state index contributed by atoms with van der Waals surface area (Å²) in [5.41, 5.74) is 6.21. The Morgan fingerprint density at radius 2 is 1.66 bits per heavy atom. The Bertz CT molecular complexity index is 693. The van der Waals surface area contributed by atoms with Crippen molar-refractivity contribution in [2.45, 2.75) is 38.8 Å². The number of esters is 1. The first-order valence-corrected chi connectivity index (χ1v) is 9.45. The molecule has 0 heterocycles. The van der Waals surface area contributed by atoms with Crippen molar-refractivity contribution in [3.05, 3.63) is 35.9 Å². The highest BCUT2D eigenvalue weighted by Crippen LogP contribution is 2.08. The van der Waals surface area contributed by atoms with Gasteiger partial charge in [0.1, 0.15) is 18.6 Å². The molecule has 160 valence electrons. The lowest BCUT2D eigenvalue weighted by atomic mass is 10.0. The molecule has 0 bridgehead atoms. The molecule has 2 atom stereocenters. The summed E-state index contributed by atoms with van der Waals surface area (Å²) < 4.78 is 4.50. The molecule has 0 spiro atoms. The van der Waals surface area contributed by atoms with E-state index in [1.54, 1.807) is 0 Å². The van der Waals surface area contributed by atoms with Gasteiger partial charge in [0, 0.05) is 6.42 Å². The van der Waals surface area contributed by atoms with Crippen molar-refractivity contribution >= 4 is 23.7 Å². The van der Waals surface area contributed by atoms with Crippen LogP contribution in [0.1, 0.15) is 25.8 Å². The highest BCUT2D eigenvalue weighted by Gasteiger charge is 2.27. The number of amides is 3. The van der Waals surface area contributed by atoms with Gasteiger partial charge in [-0.1, -0.05) is 44.2 Å². The monoisotopic (exact) mass is 406 g/mol. The predicted octanol–water partition coefficient (Wildman–Crippen LogP) is -0.507. The van der Waals surface area contributed by atoms with Gasteiger partial charge in [-0.2, -0.15) is 0 Å². The van der Waals surface area contributed by atoms with Crippen LogP contribution in [-0.2, 0) is 30.3 Å². The molecule has 1 aromatic rings. The Hall–Kier alpha value is -2.94. The number of methoxy groups -OCH3 is 1. The lowest BCUT2D eigenvalue weighted by Gasteiger charge is -2.24. The summed E-state index contributed by atoms with van der Waals surface area (Å²) in [5.74, 6) is -1.97. The largest absolute Gasteiger partial charge is 0.468 e. The molecule has 9 nitrogen and oxygen atoms in total. The number of nitrogens with one attached hydrogen (secondary N) is 3. The number of rotatable bonds is 11. The van der Waals surface area contributed by atoms with Gasteiger partial charge in [0.15, 0.2) is 0 Å². The SMILES string of the molecule is COC(=O)CNC(=O)C(CC(C)C)NC(=O)C(Cc1ccccc1)NC(=O)CN. The molecule has 0 aromatic heterocycles. The van der Waals surface area contributed by atoms with Gasteiger partial charge in [-0.25, -0.2) is 0 Å². The van der Waals surface area contributed by atoms with Crippen LogP contribution in [0.3, 0.4) is 0 Å². The van der Waals surface area contributed by atoms with Gasteiger partial charge < -0.3 is 26.4 Å². The predicted molar refractivity (Wildman–Crippen MR) is 108 cm³/mol. The number of nitrogens with two attached hydrogens (primary N) is 1. The zero-order valence-electron chi connectivity index (χ0n) is 17.1. The summed E-state index contributed by atoms with van der Waals surface area (Å²) in [6.07, 6.45) is 0.609. The molecule has 29 heavy (non-hydrogen) atoms. The van der Waals surface area contributed by atoms with E-state index >= 15 is 0 Å². The van der Waals surface area contributed by atoms with E-state index < -0.39 is 35.8 Å². The van der Waals surface area contributed by atoms with Gasteiger partial charge >= 0.3 is 5.97 Å². The van der Waals surface area contributed by atoms with E-state index in [0.717, 1.165) is 5.56 Å². The molecule has 1 rings (SSSR count). The summed E-state index contributed by atoms with van der Waals surface area (Å²) in [5, 5.41) is 7.72. The summed E-state index contributed by atoms with van der Waals surface area (Å²) in [4.78, 5) is 48.3. The first-order valence-electron chi connectivity index (χ1n) is 9.45. The van der Waals surface area contributed by atoms with Gasteiger partial charge in [0.25, 0.3) is 0 Å². The Labute approximate surface area is 170 Å². The van der Waals surface area contributed by atoms with Crippen LogP contribution < -0.4 is 21.7 Å². The van der Waals surface area contributed by atoms with E-state index in [4.69, 9.17) is 5.73 Å². The topological polar surface area (TPSA) is 140 Å². The number of hydrogen-bond donors (Lipinski definition) is 4. The summed E-state index contributed by atoms with van der Waals surface area (Å²) in [7, 11) is 1.22. The minimum Gasteiger partial charge on any atom is -0.468 e. The number of ether oxygens (including phenoxy) is 1. The van der Waals surface area contributed by atoms with Gasteiger partial charge in [0.2, 0.25) is 17.7 Å². The maximum atomic E-state index is 12.9. The molecule has 0 saturated carbocycles. The molecule has 1 aromatic carbocycles. The zero-order valence-corrected chi connectivity index (χ0v) is 17.1.